The molecule has 1 N–H and O–H groups in total. The number of rotatable bonds is 7. The third-order valence-corrected chi connectivity index (χ3v) is 5.52. The van der Waals surface area contributed by atoms with Crippen molar-refractivity contribution in [2.24, 2.45) is 0 Å². The standard InChI is InChI=1S/C19H20ClF3N2O3S/c1-13-11-15(20)8-9-17(13)24-18(26)7-4-10-25(29(2,27)28)16-6-3-5-14(12-16)19(21,22)23/h3,5-6,8-9,11-12H,4,7,10H2,1-2H3,(H,24,26). The minimum absolute atomic E-state index is 0.00690. The first-order valence-corrected chi connectivity index (χ1v) is 10.8. The fourth-order valence-corrected chi connectivity index (χ4v) is 3.87. The number of nitrogens with zero attached hydrogens (tertiary/aromatic N) is 1. The highest BCUT2D eigenvalue weighted by Gasteiger charge is 2.31. The third-order valence-electron chi connectivity index (χ3n) is 4.09. The highest BCUT2D eigenvalue weighted by molar-refractivity contribution is 7.92. The number of alkyl halides is 3. The Morgan fingerprint density at radius 3 is 2.45 bits per heavy atom. The van der Waals surface area contributed by atoms with Gasteiger partial charge in [0.05, 0.1) is 17.5 Å². The van der Waals surface area contributed by atoms with Crippen LogP contribution in [0.3, 0.4) is 0 Å². The number of anilines is 2. The summed E-state index contributed by atoms with van der Waals surface area (Å²) in [4.78, 5) is 12.1. The van der Waals surface area contributed by atoms with Crippen LogP contribution in [-0.2, 0) is 21.0 Å². The van der Waals surface area contributed by atoms with Crippen molar-refractivity contribution >= 4 is 38.9 Å². The molecule has 5 nitrogen and oxygen atoms in total. The molecule has 158 valence electrons. The minimum atomic E-state index is -4.59. The number of hydrogen-bond acceptors (Lipinski definition) is 3. The van der Waals surface area contributed by atoms with Crippen LogP contribution in [0.2, 0.25) is 5.02 Å². The Kier molecular flexibility index (Phi) is 7.18. The predicted octanol–water partition coefficient (Wildman–Crippen LogP) is 4.85. The first kappa shape index (κ1) is 23.0. The van der Waals surface area contributed by atoms with Gasteiger partial charge in [-0.05, 0) is 55.3 Å². The van der Waals surface area contributed by atoms with E-state index >= 15 is 0 Å². The lowest BCUT2D eigenvalue weighted by molar-refractivity contribution is -0.137. The molecule has 2 aromatic carbocycles. The normalized spacial score (nSPS) is 11.9. The Balaban J connectivity index is 2.06. The average molecular weight is 449 g/mol. The molecule has 0 unspecified atom stereocenters. The number of hydrogen-bond donors (Lipinski definition) is 1. The molecule has 0 aliphatic heterocycles. The summed E-state index contributed by atoms with van der Waals surface area (Å²) < 4.78 is 63.8. The van der Waals surface area contributed by atoms with Crippen molar-refractivity contribution in [1.29, 1.82) is 0 Å². The van der Waals surface area contributed by atoms with Gasteiger partial charge in [-0.2, -0.15) is 13.2 Å². The van der Waals surface area contributed by atoms with Gasteiger partial charge < -0.3 is 5.32 Å². The lowest BCUT2D eigenvalue weighted by atomic mass is 10.2. The van der Waals surface area contributed by atoms with Gasteiger partial charge in [0, 0.05) is 23.7 Å². The van der Waals surface area contributed by atoms with Crippen LogP contribution in [-0.4, -0.2) is 27.1 Å². The number of amides is 1. The molecule has 0 spiro atoms. The van der Waals surface area contributed by atoms with E-state index in [-0.39, 0.29) is 31.0 Å². The fourth-order valence-electron chi connectivity index (χ4n) is 2.69. The highest BCUT2D eigenvalue weighted by atomic mass is 35.5. The van der Waals surface area contributed by atoms with E-state index in [1.54, 1.807) is 25.1 Å². The molecule has 0 aliphatic carbocycles. The number of benzene rings is 2. The summed E-state index contributed by atoms with van der Waals surface area (Å²) in [6.45, 7) is 1.65. The van der Waals surface area contributed by atoms with Crippen molar-refractivity contribution in [2.75, 3.05) is 22.4 Å². The van der Waals surface area contributed by atoms with E-state index in [0.29, 0.717) is 10.7 Å². The Hall–Kier alpha value is -2.26. The topological polar surface area (TPSA) is 66.5 Å². The number of carbonyl (C=O) groups is 1. The predicted molar refractivity (Wildman–Crippen MR) is 108 cm³/mol. The molecule has 0 bridgehead atoms. The molecule has 0 saturated heterocycles. The third kappa shape index (κ3) is 6.64. The maximum atomic E-state index is 12.9. The van der Waals surface area contributed by atoms with Crippen LogP contribution in [0.15, 0.2) is 42.5 Å². The van der Waals surface area contributed by atoms with E-state index < -0.39 is 21.8 Å². The van der Waals surface area contributed by atoms with Crippen LogP contribution in [0.1, 0.15) is 24.0 Å². The average Bonchev–Trinajstić information content (AvgIpc) is 2.59. The van der Waals surface area contributed by atoms with Gasteiger partial charge in [-0.15, -0.1) is 0 Å². The molecule has 0 atom stereocenters. The smallest absolute Gasteiger partial charge is 0.326 e. The van der Waals surface area contributed by atoms with Crippen LogP contribution in [0.4, 0.5) is 24.5 Å². The van der Waals surface area contributed by atoms with Crippen LogP contribution >= 0.6 is 11.6 Å². The Morgan fingerprint density at radius 1 is 1.17 bits per heavy atom. The summed E-state index contributed by atoms with van der Waals surface area (Å²) in [6, 6.07) is 9.05. The molecule has 0 saturated carbocycles. The molecule has 2 rings (SSSR count). The van der Waals surface area contributed by atoms with Crippen molar-refractivity contribution in [3.8, 4) is 0 Å². The van der Waals surface area contributed by atoms with Gasteiger partial charge in [0.25, 0.3) is 0 Å². The number of carbonyl (C=O) groups excluding carboxylic acids is 1. The molecule has 10 heteroatoms. The van der Waals surface area contributed by atoms with Crippen molar-refractivity contribution in [3.63, 3.8) is 0 Å². The largest absolute Gasteiger partial charge is 0.416 e. The van der Waals surface area contributed by atoms with E-state index in [1.165, 1.54) is 6.07 Å². The maximum absolute atomic E-state index is 12.9. The molecule has 0 heterocycles. The Morgan fingerprint density at radius 2 is 1.86 bits per heavy atom. The summed E-state index contributed by atoms with van der Waals surface area (Å²) in [5, 5.41) is 3.24. The zero-order valence-corrected chi connectivity index (χ0v) is 17.3. The number of aryl methyl sites for hydroxylation is 1. The fraction of sp³-hybridized carbons (Fsp3) is 0.316. The van der Waals surface area contributed by atoms with Gasteiger partial charge in [0.15, 0.2) is 0 Å². The van der Waals surface area contributed by atoms with E-state index in [0.717, 1.165) is 34.3 Å². The number of halogens is 4. The van der Waals surface area contributed by atoms with E-state index in [2.05, 4.69) is 5.32 Å². The van der Waals surface area contributed by atoms with Crippen LogP contribution in [0.25, 0.3) is 0 Å². The van der Waals surface area contributed by atoms with Gasteiger partial charge in [-0.3, -0.25) is 9.10 Å². The van der Waals surface area contributed by atoms with Crippen molar-refractivity contribution in [2.45, 2.75) is 25.9 Å². The molecule has 0 fully saturated rings. The van der Waals surface area contributed by atoms with Crippen molar-refractivity contribution in [3.05, 3.63) is 58.6 Å². The Labute approximate surface area is 172 Å². The second-order valence-electron chi connectivity index (χ2n) is 6.49. The van der Waals surface area contributed by atoms with E-state index in [9.17, 15) is 26.4 Å². The molecule has 0 aromatic heterocycles. The van der Waals surface area contributed by atoms with Crippen molar-refractivity contribution in [1.82, 2.24) is 0 Å². The molecule has 2 aromatic rings. The van der Waals surface area contributed by atoms with E-state index in [1.807, 2.05) is 0 Å². The molecular weight excluding hydrogens is 429 g/mol. The van der Waals surface area contributed by atoms with Gasteiger partial charge >= 0.3 is 6.18 Å². The van der Waals surface area contributed by atoms with Gasteiger partial charge in [0.1, 0.15) is 0 Å². The zero-order chi connectivity index (χ0) is 21.8. The highest BCUT2D eigenvalue weighted by Crippen LogP contribution is 2.32. The van der Waals surface area contributed by atoms with Crippen LogP contribution < -0.4 is 9.62 Å². The summed E-state index contributed by atoms with van der Waals surface area (Å²) in [6.07, 6.45) is -3.56. The molecule has 29 heavy (non-hydrogen) atoms. The van der Waals surface area contributed by atoms with Crippen molar-refractivity contribution < 1.29 is 26.4 Å². The quantitative estimate of drug-likeness (QED) is 0.658. The minimum Gasteiger partial charge on any atom is -0.326 e. The lowest BCUT2D eigenvalue weighted by Gasteiger charge is -2.23. The molecule has 1 amide bonds. The van der Waals surface area contributed by atoms with Gasteiger partial charge in [-0.1, -0.05) is 17.7 Å². The monoisotopic (exact) mass is 448 g/mol. The second-order valence-corrected chi connectivity index (χ2v) is 8.84. The zero-order valence-electron chi connectivity index (χ0n) is 15.8. The van der Waals surface area contributed by atoms with Crippen LogP contribution in [0.5, 0.6) is 0 Å². The first-order chi connectivity index (χ1) is 13.4. The lowest BCUT2D eigenvalue weighted by Crippen LogP contribution is -2.31. The summed E-state index contributed by atoms with van der Waals surface area (Å²) in [5.41, 5.74) is 0.306. The van der Waals surface area contributed by atoms with Gasteiger partial charge in [-0.25, -0.2) is 8.42 Å². The molecule has 0 aliphatic rings. The number of nitrogens with one attached hydrogen (secondary N) is 1. The Bertz CT molecular complexity index is 994. The number of sulfonamides is 1. The summed E-state index contributed by atoms with van der Waals surface area (Å²) in [7, 11) is -3.83. The summed E-state index contributed by atoms with van der Waals surface area (Å²) >= 11 is 5.87. The van der Waals surface area contributed by atoms with Gasteiger partial charge in [0.2, 0.25) is 15.9 Å². The first-order valence-electron chi connectivity index (χ1n) is 8.59. The SMILES string of the molecule is Cc1cc(Cl)ccc1NC(=O)CCCN(c1cccc(C(F)(F)F)c1)S(C)(=O)=O. The summed E-state index contributed by atoms with van der Waals surface area (Å²) in [5.74, 6) is -0.340. The second kappa shape index (κ2) is 9.04. The van der Waals surface area contributed by atoms with E-state index in [4.69, 9.17) is 11.6 Å². The maximum Gasteiger partial charge on any atom is 0.416 e. The molecular formula is C19H20ClF3N2O3S. The molecule has 0 radical (unpaired) electrons. The van der Waals surface area contributed by atoms with Crippen LogP contribution in [0, 0.1) is 6.92 Å².